The highest BCUT2D eigenvalue weighted by atomic mass is 16.3. The van der Waals surface area contributed by atoms with Crippen LogP contribution < -0.4 is 0 Å². The number of amides is 1. The van der Waals surface area contributed by atoms with Gasteiger partial charge in [-0.25, -0.2) is 0 Å². The highest BCUT2D eigenvalue weighted by Crippen LogP contribution is 2.27. The van der Waals surface area contributed by atoms with Gasteiger partial charge in [0.1, 0.15) is 0 Å². The molecule has 0 unspecified atom stereocenters. The minimum absolute atomic E-state index is 0.0475. The Morgan fingerprint density at radius 3 is 1.59 bits per heavy atom. The molecule has 0 fully saturated rings. The van der Waals surface area contributed by atoms with Gasteiger partial charge in [0.25, 0.3) is 0 Å². The van der Waals surface area contributed by atoms with Crippen molar-refractivity contribution in [2.24, 2.45) is 5.92 Å². The molecule has 5 rings (SSSR count). The Hall–Kier alpha value is -4.51. The Bertz CT molecular complexity index is 1570. The molecule has 0 spiro atoms. The lowest BCUT2D eigenvalue weighted by molar-refractivity contribution is -0.138. The maximum absolute atomic E-state index is 13.9. The summed E-state index contributed by atoms with van der Waals surface area (Å²) in [7, 11) is 1.82. The van der Waals surface area contributed by atoms with Crippen molar-refractivity contribution in [1.29, 1.82) is 0 Å². The standard InChI is InChI=1S/C42H46N2O2/c1-32(42(46)43(3)33(2)41(45)39-22-14-7-15-23-39)28-40(29-34-24-26-38(27-25-34)37-20-12-6-13-21-37)44(30-35-16-8-4-9-17-35)31-36-18-10-5-11-19-36/h4-27,32-33,40-41,45H,28-31H2,1-3H3/t32-,33-,40+,41+/m1/s1. The van der Waals surface area contributed by atoms with Crippen molar-refractivity contribution in [2.75, 3.05) is 7.05 Å². The molecular formula is C42H46N2O2. The van der Waals surface area contributed by atoms with E-state index in [0.29, 0.717) is 6.42 Å². The van der Waals surface area contributed by atoms with Crippen LogP contribution in [0, 0.1) is 5.92 Å². The van der Waals surface area contributed by atoms with Gasteiger partial charge in [0, 0.05) is 32.1 Å². The van der Waals surface area contributed by atoms with Crippen LogP contribution in [0.25, 0.3) is 11.1 Å². The second-order valence-electron chi connectivity index (χ2n) is 12.5. The number of likely N-dealkylation sites (N-methyl/N-ethyl adjacent to an activating group) is 1. The lowest BCUT2D eigenvalue weighted by atomic mass is 9.91. The van der Waals surface area contributed by atoms with Crippen molar-refractivity contribution in [2.45, 2.75) is 58.0 Å². The summed E-state index contributed by atoms with van der Waals surface area (Å²) in [4.78, 5) is 18.2. The average molecular weight is 611 g/mol. The lowest BCUT2D eigenvalue weighted by Crippen LogP contribution is -2.44. The summed E-state index contributed by atoms with van der Waals surface area (Å²) in [5.41, 5.74) is 6.96. The number of benzene rings is 5. The summed E-state index contributed by atoms with van der Waals surface area (Å²) in [6.07, 6.45) is 0.754. The number of carbonyl (C=O) groups is 1. The number of nitrogens with zero attached hydrogens (tertiary/aromatic N) is 2. The Kier molecular flexibility index (Phi) is 11.6. The van der Waals surface area contributed by atoms with Crippen LogP contribution in [0.5, 0.6) is 0 Å². The largest absolute Gasteiger partial charge is 0.386 e. The summed E-state index contributed by atoms with van der Waals surface area (Å²) in [6, 6.07) is 49.8. The van der Waals surface area contributed by atoms with Crippen molar-refractivity contribution >= 4 is 5.91 Å². The number of aliphatic hydroxyl groups is 1. The molecule has 0 bridgehead atoms. The van der Waals surface area contributed by atoms with Crippen LogP contribution in [0.2, 0.25) is 0 Å². The van der Waals surface area contributed by atoms with Crippen molar-refractivity contribution in [1.82, 2.24) is 9.80 Å². The summed E-state index contributed by atoms with van der Waals surface area (Å²) in [5.74, 6) is -0.190. The predicted molar refractivity (Wildman–Crippen MR) is 189 cm³/mol. The van der Waals surface area contributed by atoms with Gasteiger partial charge in [-0.05, 0) is 53.1 Å². The highest BCUT2D eigenvalue weighted by molar-refractivity contribution is 5.78. The second kappa shape index (κ2) is 16.2. The van der Waals surface area contributed by atoms with Gasteiger partial charge in [0.05, 0.1) is 12.1 Å². The van der Waals surface area contributed by atoms with E-state index in [-0.39, 0.29) is 23.9 Å². The van der Waals surface area contributed by atoms with Crippen molar-refractivity contribution in [3.05, 3.63) is 168 Å². The Morgan fingerprint density at radius 2 is 1.07 bits per heavy atom. The minimum Gasteiger partial charge on any atom is -0.386 e. The zero-order valence-corrected chi connectivity index (χ0v) is 27.2. The van der Waals surface area contributed by atoms with Crippen LogP contribution in [-0.2, 0) is 24.3 Å². The molecule has 0 aliphatic rings. The summed E-state index contributed by atoms with van der Waals surface area (Å²) in [5, 5.41) is 11.1. The molecule has 0 aliphatic heterocycles. The van der Waals surface area contributed by atoms with E-state index in [1.165, 1.54) is 27.8 Å². The van der Waals surface area contributed by atoms with Gasteiger partial charge in [0.2, 0.25) is 5.91 Å². The SMILES string of the molecule is C[C@H](C[C@@H](Cc1ccc(-c2ccccc2)cc1)N(Cc1ccccc1)Cc1ccccc1)C(=O)N(C)[C@H](C)[C@H](O)c1ccccc1. The first kappa shape index (κ1) is 32.9. The Balaban J connectivity index is 1.40. The molecule has 5 aromatic rings. The molecule has 0 aliphatic carbocycles. The van der Waals surface area contributed by atoms with Gasteiger partial charge in [-0.3, -0.25) is 9.69 Å². The maximum atomic E-state index is 13.9. The molecule has 4 nitrogen and oxygen atoms in total. The van der Waals surface area contributed by atoms with Gasteiger partial charge in [-0.1, -0.05) is 153 Å². The molecule has 0 radical (unpaired) electrons. The molecule has 1 amide bonds. The van der Waals surface area contributed by atoms with E-state index in [9.17, 15) is 9.90 Å². The molecule has 236 valence electrons. The van der Waals surface area contributed by atoms with Gasteiger partial charge >= 0.3 is 0 Å². The van der Waals surface area contributed by atoms with E-state index < -0.39 is 6.10 Å². The third-order valence-electron chi connectivity index (χ3n) is 9.11. The fourth-order valence-electron chi connectivity index (χ4n) is 6.25. The normalized spacial score (nSPS) is 13.9. The number of aliphatic hydroxyl groups excluding tert-OH is 1. The fourth-order valence-corrected chi connectivity index (χ4v) is 6.25. The molecule has 4 heteroatoms. The minimum atomic E-state index is -0.756. The zero-order chi connectivity index (χ0) is 32.3. The van der Waals surface area contributed by atoms with E-state index in [2.05, 4.69) is 114 Å². The number of carbonyl (C=O) groups excluding carboxylic acids is 1. The van der Waals surface area contributed by atoms with Gasteiger partial charge in [-0.2, -0.15) is 0 Å². The molecule has 0 saturated carbocycles. The summed E-state index contributed by atoms with van der Waals surface area (Å²) >= 11 is 0. The molecule has 0 saturated heterocycles. The second-order valence-corrected chi connectivity index (χ2v) is 12.5. The van der Waals surface area contributed by atoms with Gasteiger partial charge < -0.3 is 10.0 Å². The van der Waals surface area contributed by atoms with Crippen molar-refractivity contribution in [3.63, 3.8) is 0 Å². The average Bonchev–Trinajstić information content (AvgIpc) is 3.11. The monoisotopic (exact) mass is 610 g/mol. The highest BCUT2D eigenvalue weighted by Gasteiger charge is 2.30. The van der Waals surface area contributed by atoms with Crippen molar-refractivity contribution in [3.8, 4) is 11.1 Å². The predicted octanol–water partition coefficient (Wildman–Crippen LogP) is 8.57. The number of hydrogen-bond acceptors (Lipinski definition) is 3. The quantitative estimate of drug-likeness (QED) is 0.137. The summed E-state index contributed by atoms with van der Waals surface area (Å²) < 4.78 is 0. The number of rotatable bonds is 14. The van der Waals surface area contributed by atoms with Gasteiger partial charge in [0.15, 0.2) is 0 Å². The van der Waals surface area contributed by atoms with E-state index in [1.54, 1.807) is 4.90 Å². The zero-order valence-electron chi connectivity index (χ0n) is 27.2. The van der Waals surface area contributed by atoms with Crippen LogP contribution in [-0.4, -0.2) is 39.9 Å². The fraction of sp³-hybridized carbons (Fsp3) is 0.262. The van der Waals surface area contributed by atoms with E-state index in [4.69, 9.17) is 0 Å². The van der Waals surface area contributed by atoms with Crippen LogP contribution in [0.4, 0.5) is 0 Å². The Labute approximate surface area is 275 Å². The third-order valence-corrected chi connectivity index (χ3v) is 9.11. The van der Waals surface area contributed by atoms with E-state index >= 15 is 0 Å². The van der Waals surface area contributed by atoms with Crippen LogP contribution in [0.3, 0.4) is 0 Å². The van der Waals surface area contributed by atoms with E-state index in [0.717, 1.165) is 25.1 Å². The summed E-state index contributed by atoms with van der Waals surface area (Å²) in [6.45, 7) is 5.52. The molecule has 46 heavy (non-hydrogen) atoms. The molecular weight excluding hydrogens is 564 g/mol. The molecule has 0 heterocycles. The first-order valence-electron chi connectivity index (χ1n) is 16.3. The first-order valence-corrected chi connectivity index (χ1v) is 16.3. The maximum Gasteiger partial charge on any atom is 0.225 e. The first-order chi connectivity index (χ1) is 22.4. The topological polar surface area (TPSA) is 43.8 Å². The van der Waals surface area contributed by atoms with Crippen LogP contribution >= 0.6 is 0 Å². The smallest absolute Gasteiger partial charge is 0.225 e. The molecule has 1 N–H and O–H groups in total. The Morgan fingerprint density at radius 1 is 0.609 bits per heavy atom. The lowest BCUT2D eigenvalue weighted by Gasteiger charge is -2.36. The van der Waals surface area contributed by atoms with Crippen LogP contribution in [0.1, 0.15) is 48.6 Å². The van der Waals surface area contributed by atoms with Crippen LogP contribution in [0.15, 0.2) is 146 Å². The number of hydrogen-bond donors (Lipinski definition) is 1. The molecule has 4 atom stereocenters. The molecule has 0 aromatic heterocycles. The molecule has 5 aromatic carbocycles. The van der Waals surface area contributed by atoms with Gasteiger partial charge in [-0.15, -0.1) is 0 Å². The van der Waals surface area contributed by atoms with Crippen molar-refractivity contribution < 1.29 is 9.90 Å². The third kappa shape index (κ3) is 8.81. The van der Waals surface area contributed by atoms with E-state index in [1.807, 2.05) is 57.3 Å².